The van der Waals surface area contributed by atoms with Crippen LogP contribution in [0.2, 0.25) is 0 Å². The zero-order valence-electron chi connectivity index (χ0n) is 12.0. The molecule has 2 aromatic carbocycles. The Kier molecular flexibility index (Phi) is 6.85. The molecule has 1 atom stereocenters. The number of aliphatic hydroxyl groups is 1. The first-order valence-electron chi connectivity index (χ1n) is 6.61. The second kappa shape index (κ2) is 7.59. The number of aliphatic hydroxyl groups excluding tert-OH is 1. The molecule has 25 heavy (non-hydrogen) atoms. The van der Waals surface area contributed by atoms with Crippen LogP contribution >= 0.6 is 104 Å². The zero-order chi connectivity index (χ0) is 19.3. The lowest BCUT2D eigenvalue weighted by Crippen LogP contribution is -2.58. The molecule has 0 saturated carbocycles. The van der Waals surface area contributed by atoms with Gasteiger partial charge in [0.15, 0.2) is 8.67 Å². The highest BCUT2D eigenvalue weighted by molar-refractivity contribution is 6.80. The Morgan fingerprint density at radius 2 is 1.20 bits per heavy atom. The fourth-order valence-electron chi connectivity index (χ4n) is 2.24. The van der Waals surface area contributed by atoms with Gasteiger partial charge in [-0.2, -0.15) is 0 Å². The number of fused-ring (bicyclic) bond motifs is 1. The first-order valence-corrected chi connectivity index (χ1v) is 10.0. The number of benzene rings is 2. The summed E-state index contributed by atoms with van der Waals surface area (Å²) < 4.78 is -9.63. The van der Waals surface area contributed by atoms with Gasteiger partial charge in [0.05, 0.1) is 0 Å². The smallest absolute Gasteiger partial charge is 0.226 e. The summed E-state index contributed by atoms with van der Waals surface area (Å²) in [5, 5.41) is 12.3. The Balaban J connectivity index is 2.58. The van der Waals surface area contributed by atoms with E-state index in [1.165, 1.54) is 0 Å². The van der Waals surface area contributed by atoms with Crippen molar-refractivity contribution in [3.05, 3.63) is 48.0 Å². The summed E-state index contributed by atoms with van der Waals surface area (Å²) in [7, 11) is 0. The molecular formula is C15H9Cl9O. The van der Waals surface area contributed by atoms with E-state index in [9.17, 15) is 5.11 Å². The zero-order valence-corrected chi connectivity index (χ0v) is 18.8. The second-order valence-corrected chi connectivity index (χ2v) is 11.6. The van der Waals surface area contributed by atoms with Gasteiger partial charge in [-0.1, -0.05) is 147 Å². The van der Waals surface area contributed by atoms with Crippen LogP contribution in [0.1, 0.15) is 11.7 Å². The van der Waals surface area contributed by atoms with Crippen molar-refractivity contribution < 1.29 is 5.11 Å². The van der Waals surface area contributed by atoms with Crippen molar-refractivity contribution in [1.29, 1.82) is 0 Å². The number of alkyl halides is 9. The SMILES string of the molecule is OC(c1cccc2ccccc12)C(Cl)(Cl)C(Cl)(Cl)C(Cl)(Cl)C(Cl)(Cl)Cl. The summed E-state index contributed by atoms with van der Waals surface area (Å²) in [5.74, 6) is 0. The molecule has 0 aliphatic heterocycles. The van der Waals surface area contributed by atoms with E-state index < -0.39 is 22.9 Å². The van der Waals surface area contributed by atoms with Crippen LogP contribution in [-0.2, 0) is 0 Å². The molecule has 1 unspecified atom stereocenters. The van der Waals surface area contributed by atoms with Crippen LogP contribution in [0.4, 0.5) is 0 Å². The predicted octanol–water partition coefficient (Wildman–Crippen LogP) is 7.77. The molecular weight excluding hydrogens is 515 g/mol. The molecule has 0 heterocycles. The minimum atomic E-state index is -2.48. The Hall–Kier alpha value is 1.27. The normalized spacial score (nSPS) is 15.4. The van der Waals surface area contributed by atoms with E-state index in [-0.39, 0.29) is 0 Å². The standard InChI is InChI=1S/C15H9Cl9O/c16-12(17,13(18,19)14(20,21)15(22,23)24)11(25)10-7-3-5-8-4-1-2-6-9(8)10/h1-7,11,25H. The van der Waals surface area contributed by atoms with Crippen LogP contribution in [0.15, 0.2) is 42.5 Å². The Morgan fingerprint density at radius 3 is 1.76 bits per heavy atom. The highest BCUT2D eigenvalue weighted by atomic mass is 35.6. The maximum absolute atomic E-state index is 10.8. The fourth-order valence-corrected chi connectivity index (χ4v) is 4.46. The van der Waals surface area contributed by atoms with E-state index >= 15 is 0 Å². The predicted molar refractivity (Wildman–Crippen MR) is 113 cm³/mol. The van der Waals surface area contributed by atoms with Gasteiger partial charge in [-0.3, -0.25) is 0 Å². The molecule has 0 fully saturated rings. The topological polar surface area (TPSA) is 20.2 Å². The van der Waals surface area contributed by atoms with Crippen molar-refractivity contribution >= 4 is 115 Å². The summed E-state index contributed by atoms with van der Waals surface area (Å²) >= 11 is 54.5. The van der Waals surface area contributed by atoms with Crippen molar-refractivity contribution in [2.24, 2.45) is 0 Å². The van der Waals surface area contributed by atoms with Crippen LogP contribution in [0, 0.1) is 0 Å². The molecule has 0 radical (unpaired) electrons. The van der Waals surface area contributed by atoms with Gasteiger partial charge in [0.2, 0.25) is 8.13 Å². The van der Waals surface area contributed by atoms with Gasteiger partial charge < -0.3 is 5.11 Å². The van der Waals surface area contributed by atoms with Gasteiger partial charge in [0.25, 0.3) is 0 Å². The van der Waals surface area contributed by atoms with Gasteiger partial charge in [0, 0.05) is 0 Å². The van der Waals surface area contributed by atoms with E-state index in [1.54, 1.807) is 24.3 Å². The molecule has 138 valence electrons. The average Bonchev–Trinajstić information content (AvgIpc) is 2.52. The van der Waals surface area contributed by atoms with Crippen molar-refractivity contribution in [3.63, 3.8) is 0 Å². The summed E-state index contributed by atoms with van der Waals surface area (Å²) in [4.78, 5) is 0. The van der Waals surface area contributed by atoms with Crippen molar-refractivity contribution in [2.45, 2.75) is 22.9 Å². The van der Waals surface area contributed by atoms with Crippen molar-refractivity contribution in [3.8, 4) is 0 Å². The molecule has 0 aliphatic carbocycles. The third-order valence-electron chi connectivity index (χ3n) is 3.63. The van der Waals surface area contributed by atoms with E-state index in [4.69, 9.17) is 104 Å². The summed E-state index contributed by atoms with van der Waals surface area (Å²) in [6.07, 6.45) is -1.61. The van der Waals surface area contributed by atoms with Crippen LogP contribution in [0.5, 0.6) is 0 Å². The quantitative estimate of drug-likeness (QED) is 0.406. The summed E-state index contributed by atoms with van der Waals surface area (Å²) in [6, 6.07) is 12.4. The molecule has 0 bridgehead atoms. The van der Waals surface area contributed by atoms with Crippen LogP contribution in [0.25, 0.3) is 10.8 Å². The van der Waals surface area contributed by atoms with E-state index in [0.29, 0.717) is 10.9 Å². The molecule has 0 spiro atoms. The molecule has 1 nitrogen and oxygen atoms in total. The second-order valence-electron chi connectivity index (χ2n) is 5.24. The number of halogens is 9. The third kappa shape index (κ3) is 3.90. The number of rotatable bonds is 4. The van der Waals surface area contributed by atoms with Gasteiger partial charge in [-0.15, -0.1) is 0 Å². The molecule has 0 aromatic heterocycles. The summed E-state index contributed by atoms with van der Waals surface area (Å²) in [6.45, 7) is 0. The molecule has 0 aliphatic rings. The minimum Gasteiger partial charge on any atom is -0.385 e. The molecule has 1 N–H and O–H groups in total. The van der Waals surface area contributed by atoms with Gasteiger partial charge >= 0.3 is 0 Å². The lowest BCUT2D eigenvalue weighted by atomic mass is 9.96. The highest BCUT2D eigenvalue weighted by Gasteiger charge is 2.70. The van der Waals surface area contributed by atoms with Crippen molar-refractivity contribution in [1.82, 2.24) is 0 Å². The first kappa shape index (κ1) is 22.6. The molecule has 0 saturated heterocycles. The largest absolute Gasteiger partial charge is 0.385 e. The monoisotopic (exact) mass is 520 g/mol. The Labute approximate surface area is 189 Å². The van der Waals surface area contributed by atoms with Crippen LogP contribution in [-0.4, -0.2) is 21.9 Å². The number of hydrogen-bond acceptors (Lipinski definition) is 1. The van der Waals surface area contributed by atoms with Crippen molar-refractivity contribution in [2.75, 3.05) is 0 Å². The number of hydrogen-bond donors (Lipinski definition) is 1. The summed E-state index contributed by atoms with van der Waals surface area (Å²) in [5.41, 5.74) is 0.349. The Bertz CT molecular complexity index is 762. The highest BCUT2D eigenvalue weighted by Crippen LogP contribution is 2.64. The fraction of sp³-hybridized carbons (Fsp3) is 0.333. The molecule has 0 amide bonds. The van der Waals surface area contributed by atoms with Crippen LogP contribution < -0.4 is 0 Å². The first-order chi connectivity index (χ1) is 11.2. The molecule has 2 aromatic rings. The lowest BCUT2D eigenvalue weighted by Gasteiger charge is -2.45. The van der Waals surface area contributed by atoms with E-state index in [1.807, 2.05) is 18.2 Å². The molecule has 2 rings (SSSR count). The lowest BCUT2D eigenvalue weighted by molar-refractivity contribution is 0.150. The van der Waals surface area contributed by atoms with Gasteiger partial charge in [0.1, 0.15) is 6.10 Å². The van der Waals surface area contributed by atoms with Crippen LogP contribution in [0.3, 0.4) is 0 Å². The minimum absolute atomic E-state index is 0.349. The molecule has 10 heteroatoms. The van der Waals surface area contributed by atoms with Gasteiger partial charge in [-0.25, -0.2) is 0 Å². The maximum Gasteiger partial charge on any atom is 0.226 e. The van der Waals surface area contributed by atoms with Gasteiger partial charge in [-0.05, 0) is 16.3 Å². The third-order valence-corrected chi connectivity index (χ3v) is 9.11. The Morgan fingerprint density at radius 1 is 0.680 bits per heavy atom. The van der Waals surface area contributed by atoms with E-state index in [0.717, 1.165) is 5.39 Å². The van der Waals surface area contributed by atoms with E-state index in [2.05, 4.69) is 0 Å². The maximum atomic E-state index is 10.8. The average molecular weight is 524 g/mol.